The number of halogens is 1. The molecule has 0 radical (unpaired) electrons. The van der Waals surface area contributed by atoms with Crippen LogP contribution < -0.4 is 25.7 Å². The van der Waals surface area contributed by atoms with Gasteiger partial charge in [0.2, 0.25) is 0 Å². The topological polar surface area (TPSA) is 126 Å². The standard InChI is InChI=1S/C23H27N3O5.ClH/c1-29-19-8-4-5-9-20(19)31-22(28)17-6-2-3-7-18(17)30-21(27)16-12-10-15(11-13-16)14-26-23(24)25;/h2-9,15-16H,10-14H2,1H3,(H4,24,25,26);1H. The number of aliphatic imine (C=N–C) groups is 1. The fraction of sp³-hybridized carbons (Fsp3) is 0.348. The van der Waals surface area contributed by atoms with Crippen LogP contribution in [0.2, 0.25) is 0 Å². The molecule has 0 bridgehead atoms. The second-order valence-corrected chi connectivity index (χ2v) is 7.44. The predicted molar refractivity (Wildman–Crippen MR) is 123 cm³/mol. The van der Waals surface area contributed by atoms with Gasteiger partial charge in [0.15, 0.2) is 17.5 Å². The summed E-state index contributed by atoms with van der Waals surface area (Å²) in [5, 5.41) is 0. The average Bonchev–Trinajstić information content (AvgIpc) is 2.78. The molecule has 0 heterocycles. The Hall–Kier alpha value is -3.26. The molecule has 1 aliphatic rings. The molecule has 172 valence electrons. The smallest absolute Gasteiger partial charge is 0.347 e. The highest BCUT2D eigenvalue weighted by molar-refractivity contribution is 5.95. The van der Waals surface area contributed by atoms with E-state index in [1.807, 2.05) is 0 Å². The van der Waals surface area contributed by atoms with E-state index < -0.39 is 5.97 Å². The monoisotopic (exact) mass is 461 g/mol. The Morgan fingerprint density at radius 1 is 0.906 bits per heavy atom. The summed E-state index contributed by atoms with van der Waals surface area (Å²) in [4.78, 5) is 29.5. The molecule has 0 aromatic heterocycles. The van der Waals surface area contributed by atoms with Crippen LogP contribution in [0.5, 0.6) is 17.2 Å². The summed E-state index contributed by atoms with van der Waals surface area (Å²) in [6.07, 6.45) is 3.07. The van der Waals surface area contributed by atoms with Gasteiger partial charge in [-0.25, -0.2) is 4.79 Å². The lowest BCUT2D eigenvalue weighted by atomic mass is 9.82. The van der Waals surface area contributed by atoms with Gasteiger partial charge >= 0.3 is 11.9 Å². The second-order valence-electron chi connectivity index (χ2n) is 7.44. The first-order valence-electron chi connectivity index (χ1n) is 10.2. The van der Waals surface area contributed by atoms with Crippen molar-refractivity contribution in [3.63, 3.8) is 0 Å². The number of methoxy groups -OCH3 is 1. The number of nitrogens with two attached hydrogens (primary N) is 2. The van der Waals surface area contributed by atoms with Crippen LogP contribution in [0.4, 0.5) is 0 Å². The number of hydrogen-bond donors (Lipinski definition) is 2. The van der Waals surface area contributed by atoms with E-state index in [9.17, 15) is 9.59 Å². The first-order chi connectivity index (χ1) is 15.0. The number of nitrogens with zero attached hydrogens (tertiary/aromatic N) is 1. The SMILES string of the molecule is COc1ccccc1OC(=O)c1ccccc1OC(=O)C1CCC(CN=C(N)N)CC1.Cl. The Balaban J connectivity index is 0.00000363. The molecule has 1 fully saturated rings. The Morgan fingerprint density at radius 2 is 1.50 bits per heavy atom. The summed E-state index contributed by atoms with van der Waals surface area (Å²) in [6, 6.07) is 13.4. The van der Waals surface area contributed by atoms with E-state index in [1.165, 1.54) is 7.11 Å². The summed E-state index contributed by atoms with van der Waals surface area (Å²) in [7, 11) is 1.49. The highest BCUT2D eigenvalue weighted by atomic mass is 35.5. The molecule has 1 saturated carbocycles. The van der Waals surface area contributed by atoms with Crippen molar-refractivity contribution in [1.29, 1.82) is 0 Å². The first-order valence-corrected chi connectivity index (χ1v) is 10.2. The number of carbonyl (C=O) groups is 2. The number of hydrogen-bond acceptors (Lipinski definition) is 6. The molecular weight excluding hydrogens is 434 g/mol. The molecule has 1 aliphatic carbocycles. The minimum absolute atomic E-state index is 0. The maximum atomic E-state index is 12.7. The normalized spacial score (nSPS) is 17.4. The molecule has 0 saturated heterocycles. The molecule has 32 heavy (non-hydrogen) atoms. The number of rotatable bonds is 7. The fourth-order valence-corrected chi connectivity index (χ4v) is 3.59. The zero-order chi connectivity index (χ0) is 22.2. The Labute approximate surface area is 193 Å². The molecule has 8 nitrogen and oxygen atoms in total. The number of para-hydroxylation sites is 3. The average molecular weight is 462 g/mol. The van der Waals surface area contributed by atoms with Crippen molar-refractivity contribution in [3.05, 3.63) is 54.1 Å². The van der Waals surface area contributed by atoms with Gasteiger partial charge in [-0.05, 0) is 55.9 Å². The van der Waals surface area contributed by atoms with Gasteiger partial charge in [-0.3, -0.25) is 9.79 Å². The Morgan fingerprint density at radius 3 is 2.12 bits per heavy atom. The van der Waals surface area contributed by atoms with Crippen molar-refractivity contribution in [1.82, 2.24) is 0 Å². The van der Waals surface area contributed by atoms with Gasteiger partial charge in [-0.1, -0.05) is 24.3 Å². The van der Waals surface area contributed by atoms with Crippen molar-refractivity contribution in [3.8, 4) is 17.2 Å². The zero-order valence-electron chi connectivity index (χ0n) is 17.9. The second kappa shape index (κ2) is 12.0. The van der Waals surface area contributed by atoms with Gasteiger partial charge in [-0.2, -0.15) is 0 Å². The van der Waals surface area contributed by atoms with Crippen LogP contribution >= 0.6 is 12.4 Å². The fourth-order valence-electron chi connectivity index (χ4n) is 3.59. The molecule has 0 atom stereocenters. The van der Waals surface area contributed by atoms with Gasteiger partial charge in [0, 0.05) is 6.54 Å². The third-order valence-electron chi connectivity index (χ3n) is 5.30. The van der Waals surface area contributed by atoms with Crippen molar-refractivity contribution < 1.29 is 23.8 Å². The molecule has 3 rings (SSSR count). The quantitative estimate of drug-likeness (QED) is 0.280. The molecule has 4 N–H and O–H groups in total. The molecule has 0 amide bonds. The lowest BCUT2D eigenvalue weighted by Gasteiger charge is -2.26. The number of carbonyl (C=O) groups excluding carboxylic acids is 2. The van der Waals surface area contributed by atoms with E-state index >= 15 is 0 Å². The zero-order valence-corrected chi connectivity index (χ0v) is 18.7. The molecule has 2 aromatic carbocycles. The number of esters is 2. The van der Waals surface area contributed by atoms with Gasteiger partial charge in [0.05, 0.1) is 13.0 Å². The molecule has 0 unspecified atom stereocenters. The van der Waals surface area contributed by atoms with E-state index in [0.29, 0.717) is 31.1 Å². The van der Waals surface area contributed by atoms with Crippen molar-refractivity contribution in [2.24, 2.45) is 28.3 Å². The summed E-state index contributed by atoms with van der Waals surface area (Å²) in [5.74, 6) is 0.126. The lowest BCUT2D eigenvalue weighted by molar-refractivity contribution is -0.140. The summed E-state index contributed by atoms with van der Waals surface area (Å²) in [6.45, 7) is 0.571. The number of ether oxygens (including phenoxy) is 3. The number of benzene rings is 2. The predicted octanol–water partition coefficient (Wildman–Crippen LogP) is 3.32. The van der Waals surface area contributed by atoms with Crippen LogP contribution in [0.25, 0.3) is 0 Å². The molecule has 9 heteroatoms. The van der Waals surface area contributed by atoms with E-state index in [2.05, 4.69) is 4.99 Å². The minimum atomic E-state index is -0.631. The highest BCUT2D eigenvalue weighted by Gasteiger charge is 2.29. The van der Waals surface area contributed by atoms with Crippen LogP contribution in [-0.2, 0) is 4.79 Å². The van der Waals surface area contributed by atoms with Crippen LogP contribution in [0.3, 0.4) is 0 Å². The maximum Gasteiger partial charge on any atom is 0.347 e. The van der Waals surface area contributed by atoms with Crippen molar-refractivity contribution in [2.45, 2.75) is 25.7 Å². The van der Waals surface area contributed by atoms with Crippen LogP contribution in [0.15, 0.2) is 53.5 Å². The van der Waals surface area contributed by atoms with Gasteiger partial charge in [0.25, 0.3) is 0 Å². The Bertz CT molecular complexity index is 954. The largest absolute Gasteiger partial charge is 0.493 e. The highest BCUT2D eigenvalue weighted by Crippen LogP contribution is 2.32. The molecule has 0 spiro atoms. The summed E-state index contributed by atoms with van der Waals surface area (Å²) in [5.41, 5.74) is 10.9. The van der Waals surface area contributed by atoms with E-state index in [4.69, 9.17) is 25.7 Å². The van der Waals surface area contributed by atoms with Gasteiger partial charge in [0.1, 0.15) is 11.3 Å². The van der Waals surface area contributed by atoms with E-state index in [0.717, 1.165) is 12.8 Å². The Kier molecular flexibility index (Phi) is 9.34. The third kappa shape index (κ3) is 6.62. The minimum Gasteiger partial charge on any atom is -0.493 e. The first kappa shape index (κ1) is 25.0. The molecule has 2 aromatic rings. The van der Waals surface area contributed by atoms with Crippen molar-refractivity contribution >= 4 is 30.3 Å². The van der Waals surface area contributed by atoms with Gasteiger partial charge < -0.3 is 25.7 Å². The summed E-state index contributed by atoms with van der Waals surface area (Å²) >= 11 is 0. The van der Waals surface area contributed by atoms with Gasteiger partial charge in [-0.15, -0.1) is 12.4 Å². The lowest BCUT2D eigenvalue weighted by Crippen LogP contribution is -2.28. The molecular formula is C23H28ClN3O5. The van der Waals surface area contributed by atoms with Crippen LogP contribution in [0.1, 0.15) is 36.0 Å². The number of guanidine groups is 1. The van der Waals surface area contributed by atoms with Crippen LogP contribution in [-0.4, -0.2) is 31.6 Å². The van der Waals surface area contributed by atoms with Crippen molar-refractivity contribution in [2.75, 3.05) is 13.7 Å². The summed E-state index contributed by atoms with van der Waals surface area (Å²) < 4.78 is 16.3. The third-order valence-corrected chi connectivity index (χ3v) is 5.30. The maximum absolute atomic E-state index is 12.7. The van der Waals surface area contributed by atoms with Crippen LogP contribution in [0, 0.1) is 11.8 Å². The van der Waals surface area contributed by atoms with E-state index in [-0.39, 0.29) is 47.3 Å². The van der Waals surface area contributed by atoms with E-state index in [1.54, 1.807) is 48.5 Å². The molecule has 0 aliphatic heterocycles.